The van der Waals surface area contributed by atoms with Crippen molar-refractivity contribution in [3.8, 4) is 0 Å². The summed E-state index contributed by atoms with van der Waals surface area (Å²) in [7, 11) is -3.65. The lowest BCUT2D eigenvalue weighted by Crippen LogP contribution is -2.46. The number of hydrogen-bond acceptors (Lipinski definition) is 5. The maximum Gasteiger partial charge on any atom is 0.262 e. The Balaban J connectivity index is 1.75. The molecule has 0 aliphatic carbocycles. The standard InChI is InChI=1S/C20H28N4O2S/c1-5-23-8-10-24(11-9-23)19-7-6-18(14-21-19)22-27(25,26)20-16(3)12-15(2)13-17(20)4/h6-7,12-14,22H,5,8-11H2,1-4H3. The van der Waals surface area contributed by atoms with Gasteiger partial charge in [0.05, 0.1) is 16.8 Å². The fraction of sp³-hybridized carbons (Fsp3) is 0.450. The molecule has 0 radical (unpaired) electrons. The van der Waals surface area contributed by atoms with E-state index in [1.165, 1.54) is 0 Å². The molecule has 0 atom stereocenters. The van der Waals surface area contributed by atoms with Crippen LogP contribution in [0, 0.1) is 20.8 Å². The first-order valence-corrected chi connectivity index (χ1v) is 10.8. The second-order valence-corrected chi connectivity index (χ2v) is 8.78. The zero-order chi connectivity index (χ0) is 19.6. The predicted octanol–water partition coefficient (Wildman–Crippen LogP) is 2.95. The van der Waals surface area contributed by atoms with Crippen LogP contribution in [-0.4, -0.2) is 51.0 Å². The number of rotatable bonds is 5. The second kappa shape index (κ2) is 7.86. The molecule has 3 rings (SSSR count). The van der Waals surface area contributed by atoms with Gasteiger partial charge in [-0.1, -0.05) is 24.6 Å². The highest BCUT2D eigenvalue weighted by atomic mass is 32.2. The van der Waals surface area contributed by atoms with Gasteiger partial charge in [0.2, 0.25) is 0 Å². The van der Waals surface area contributed by atoms with Crippen molar-refractivity contribution in [2.24, 2.45) is 0 Å². The first-order valence-electron chi connectivity index (χ1n) is 9.34. The van der Waals surface area contributed by atoms with Gasteiger partial charge in [-0.05, 0) is 50.6 Å². The Morgan fingerprint density at radius 2 is 1.67 bits per heavy atom. The fourth-order valence-corrected chi connectivity index (χ4v) is 5.22. The molecule has 1 aliphatic heterocycles. The Kier molecular flexibility index (Phi) is 5.72. The number of aromatic nitrogens is 1. The minimum Gasteiger partial charge on any atom is -0.354 e. The van der Waals surface area contributed by atoms with E-state index >= 15 is 0 Å². The molecule has 146 valence electrons. The highest BCUT2D eigenvalue weighted by molar-refractivity contribution is 7.92. The molecule has 1 aliphatic rings. The molecule has 2 aromatic rings. The Bertz CT molecular complexity index is 879. The normalized spacial score (nSPS) is 15.8. The average molecular weight is 389 g/mol. The summed E-state index contributed by atoms with van der Waals surface area (Å²) in [6.45, 7) is 12.8. The van der Waals surface area contributed by atoms with Crippen molar-refractivity contribution < 1.29 is 8.42 Å². The van der Waals surface area contributed by atoms with Crippen LogP contribution in [0.2, 0.25) is 0 Å². The van der Waals surface area contributed by atoms with Crippen LogP contribution in [0.5, 0.6) is 0 Å². The average Bonchev–Trinajstić information content (AvgIpc) is 2.61. The van der Waals surface area contributed by atoms with Crippen molar-refractivity contribution in [1.82, 2.24) is 9.88 Å². The highest BCUT2D eigenvalue weighted by Crippen LogP contribution is 2.25. The van der Waals surface area contributed by atoms with Gasteiger partial charge >= 0.3 is 0 Å². The third kappa shape index (κ3) is 4.42. The van der Waals surface area contributed by atoms with E-state index < -0.39 is 10.0 Å². The van der Waals surface area contributed by atoms with Gasteiger partial charge in [0.1, 0.15) is 5.82 Å². The van der Waals surface area contributed by atoms with Crippen LogP contribution < -0.4 is 9.62 Å². The van der Waals surface area contributed by atoms with Gasteiger partial charge in [0.15, 0.2) is 0 Å². The van der Waals surface area contributed by atoms with Crippen LogP contribution >= 0.6 is 0 Å². The number of anilines is 2. The molecule has 1 fully saturated rings. The summed E-state index contributed by atoms with van der Waals surface area (Å²) in [6.07, 6.45) is 1.60. The summed E-state index contributed by atoms with van der Waals surface area (Å²) in [4.78, 5) is 9.45. The summed E-state index contributed by atoms with van der Waals surface area (Å²) in [5, 5.41) is 0. The van der Waals surface area contributed by atoms with Crippen LogP contribution in [0.4, 0.5) is 11.5 Å². The molecule has 0 amide bonds. The number of pyridine rings is 1. The first kappa shape index (κ1) is 19.6. The lowest BCUT2D eigenvalue weighted by molar-refractivity contribution is 0.270. The van der Waals surface area contributed by atoms with Crippen molar-refractivity contribution in [3.05, 3.63) is 47.2 Å². The van der Waals surface area contributed by atoms with Crippen LogP contribution in [0.1, 0.15) is 23.6 Å². The number of nitrogens with zero attached hydrogens (tertiary/aromatic N) is 3. The van der Waals surface area contributed by atoms with E-state index in [1.807, 2.05) is 39.0 Å². The van der Waals surface area contributed by atoms with Gasteiger partial charge in [-0.3, -0.25) is 4.72 Å². The van der Waals surface area contributed by atoms with Crippen LogP contribution in [0.3, 0.4) is 0 Å². The molecule has 1 aromatic heterocycles. The molecule has 0 unspecified atom stereocenters. The number of aryl methyl sites for hydroxylation is 3. The smallest absolute Gasteiger partial charge is 0.262 e. The van der Waals surface area contributed by atoms with E-state index in [1.54, 1.807) is 12.3 Å². The second-order valence-electron chi connectivity index (χ2n) is 7.16. The minimum absolute atomic E-state index is 0.341. The quantitative estimate of drug-likeness (QED) is 0.853. The topological polar surface area (TPSA) is 65.5 Å². The van der Waals surface area contributed by atoms with E-state index in [9.17, 15) is 8.42 Å². The summed E-state index contributed by atoms with van der Waals surface area (Å²) >= 11 is 0. The molecule has 0 spiro atoms. The van der Waals surface area contributed by atoms with Crippen molar-refractivity contribution in [1.29, 1.82) is 0 Å². The van der Waals surface area contributed by atoms with Crippen molar-refractivity contribution in [2.45, 2.75) is 32.6 Å². The summed E-state index contributed by atoms with van der Waals surface area (Å²) < 4.78 is 28.4. The van der Waals surface area contributed by atoms with Crippen LogP contribution in [0.25, 0.3) is 0 Å². The highest BCUT2D eigenvalue weighted by Gasteiger charge is 2.21. The number of hydrogen-bond donors (Lipinski definition) is 1. The van der Waals surface area contributed by atoms with Gasteiger partial charge in [0.25, 0.3) is 10.0 Å². The Morgan fingerprint density at radius 3 is 2.19 bits per heavy atom. The molecule has 7 heteroatoms. The number of nitrogens with one attached hydrogen (secondary N) is 1. The van der Waals surface area contributed by atoms with Gasteiger partial charge < -0.3 is 9.80 Å². The molecule has 1 saturated heterocycles. The third-order valence-electron chi connectivity index (χ3n) is 5.02. The third-order valence-corrected chi connectivity index (χ3v) is 6.70. The van der Waals surface area contributed by atoms with Crippen molar-refractivity contribution in [3.63, 3.8) is 0 Å². The summed E-state index contributed by atoms with van der Waals surface area (Å²) in [5.41, 5.74) is 3.03. The van der Waals surface area contributed by atoms with E-state index in [4.69, 9.17) is 0 Å². The molecule has 0 saturated carbocycles. The van der Waals surface area contributed by atoms with E-state index in [0.29, 0.717) is 10.6 Å². The van der Waals surface area contributed by atoms with Crippen molar-refractivity contribution in [2.75, 3.05) is 42.3 Å². The SMILES string of the molecule is CCN1CCN(c2ccc(NS(=O)(=O)c3c(C)cc(C)cc3C)cn2)CC1. The van der Waals surface area contributed by atoms with Crippen LogP contribution in [-0.2, 0) is 10.0 Å². The Hall–Kier alpha value is -2.12. The molecule has 27 heavy (non-hydrogen) atoms. The molecule has 2 heterocycles. The largest absolute Gasteiger partial charge is 0.354 e. The first-order chi connectivity index (χ1) is 12.8. The van der Waals surface area contributed by atoms with Gasteiger partial charge in [-0.25, -0.2) is 13.4 Å². The molecule has 1 N–H and O–H groups in total. The zero-order valence-corrected chi connectivity index (χ0v) is 17.3. The molecule has 1 aromatic carbocycles. The van der Waals surface area contributed by atoms with E-state index in [0.717, 1.165) is 55.2 Å². The number of piperazine rings is 1. The number of benzene rings is 1. The van der Waals surface area contributed by atoms with Gasteiger partial charge in [-0.15, -0.1) is 0 Å². The van der Waals surface area contributed by atoms with Crippen LogP contribution in [0.15, 0.2) is 35.4 Å². The maximum absolute atomic E-state index is 12.9. The lowest BCUT2D eigenvalue weighted by atomic mass is 10.1. The molecular formula is C20H28N4O2S. The van der Waals surface area contributed by atoms with Gasteiger partial charge in [-0.2, -0.15) is 0 Å². The lowest BCUT2D eigenvalue weighted by Gasteiger charge is -2.34. The Labute approximate surface area is 162 Å². The van der Waals surface area contributed by atoms with Gasteiger partial charge in [0, 0.05) is 26.2 Å². The zero-order valence-electron chi connectivity index (χ0n) is 16.5. The fourth-order valence-electron chi connectivity index (χ4n) is 3.72. The summed E-state index contributed by atoms with van der Waals surface area (Å²) in [6, 6.07) is 7.44. The number of likely N-dealkylation sites (N-methyl/N-ethyl adjacent to an activating group) is 1. The molecule has 6 nitrogen and oxygen atoms in total. The predicted molar refractivity (Wildman–Crippen MR) is 110 cm³/mol. The molecular weight excluding hydrogens is 360 g/mol. The monoisotopic (exact) mass is 388 g/mol. The maximum atomic E-state index is 12.9. The number of sulfonamides is 1. The van der Waals surface area contributed by atoms with E-state index in [-0.39, 0.29) is 0 Å². The van der Waals surface area contributed by atoms with E-state index in [2.05, 4.69) is 26.4 Å². The summed E-state index contributed by atoms with van der Waals surface area (Å²) in [5.74, 6) is 0.886. The minimum atomic E-state index is -3.65. The van der Waals surface area contributed by atoms with Crippen molar-refractivity contribution >= 4 is 21.5 Å². The Morgan fingerprint density at radius 1 is 1.04 bits per heavy atom. The molecule has 0 bridgehead atoms.